The van der Waals surface area contributed by atoms with Crippen LogP contribution in [0.1, 0.15) is 46.4 Å². The Morgan fingerprint density at radius 2 is 1.78 bits per heavy atom. The van der Waals surface area contributed by atoms with Gasteiger partial charge in [-0.05, 0) is 69.2 Å². The van der Waals surface area contributed by atoms with Gasteiger partial charge in [-0.15, -0.1) is 0 Å². The number of amides is 1. The highest BCUT2D eigenvalue weighted by atomic mass is 35.5. The summed E-state index contributed by atoms with van der Waals surface area (Å²) in [7, 11) is 0. The molecule has 3 heterocycles. The molecule has 1 aliphatic heterocycles. The first-order chi connectivity index (χ1) is 15.4. The van der Waals surface area contributed by atoms with Crippen LogP contribution in [-0.2, 0) is 0 Å². The van der Waals surface area contributed by atoms with E-state index in [0.29, 0.717) is 28.7 Å². The minimum absolute atomic E-state index is 0.0331. The molecule has 0 unspecified atom stereocenters. The van der Waals surface area contributed by atoms with Crippen LogP contribution in [0.5, 0.6) is 0 Å². The van der Waals surface area contributed by atoms with Crippen LogP contribution in [0.3, 0.4) is 0 Å². The monoisotopic (exact) mass is 468 g/mol. The molecule has 2 aromatic carbocycles. The molecular weight excluding hydrogens is 447 g/mol. The molecule has 164 valence electrons. The third kappa shape index (κ3) is 3.78. The summed E-state index contributed by atoms with van der Waals surface area (Å²) < 4.78 is 7.72. The van der Waals surface area contributed by atoms with Gasteiger partial charge in [-0.2, -0.15) is 5.10 Å². The number of oxazole rings is 1. The van der Waals surface area contributed by atoms with Crippen molar-refractivity contribution in [3.63, 3.8) is 0 Å². The van der Waals surface area contributed by atoms with Crippen molar-refractivity contribution in [2.75, 3.05) is 13.1 Å². The Hall–Kier alpha value is -2.83. The van der Waals surface area contributed by atoms with Gasteiger partial charge in [0.05, 0.1) is 22.1 Å². The van der Waals surface area contributed by atoms with E-state index in [-0.39, 0.29) is 11.8 Å². The highest BCUT2D eigenvalue weighted by Gasteiger charge is 2.27. The molecule has 0 bridgehead atoms. The van der Waals surface area contributed by atoms with E-state index in [1.54, 1.807) is 10.7 Å². The standard InChI is InChI=1S/C24H22Cl2N4O2/c1-14-22(26)15(2)30(28-14)19-6-3-17(4-7-19)24(31)29-11-9-16(10-12-29)23-27-20-13-18(25)5-8-21(20)32-23/h3-8,13,16H,9-12H2,1-2H3. The van der Waals surface area contributed by atoms with E-state index in [1.807, 2.05) is 55.1 Å². The molecule has 1 amide bonds. The van der Waals surface area contributed by atoms with Gasteiger partial charge in [0.15, 0.2) is 11.5 Å². The number of hydrogen-bond donors (Lipinski definition) is 0. The summed E-state index contributed by atoms with van der Waals surface area (Å²) >= 11 is 12.3. The van der Waals surface area contributed by atoms with Gasteiger partial charge in [0.25, 0.3) is 5.91 Å². The number of aromatic nitrogens is 3. The molecule has 6 nitrogen and oxygen atoms in total. The van der Waals surface area contributed by atoms with Gasteiger partial charge in [0, 0.05) is 29.6 Å². The summed E-state index contributed by atoms with van der Waals surface area (Å²) in [5, 5.41) is 5.77. The summed E-state index contributed by atoms with van der Waals surface area (Å²) in [6.07, 6.45) is 1.63. The topological polar surface area (TPSA) is 64.2 Å². The molecule has 8 heteroatoms. The van der Waals surface area contributed by atoms with Crippen molar-refractivity contribution in [1.29, 1.82) is 0 Å². The number of likely N-dealkylation sites (tertiary alicyclic amines) is 1. The maximum absolute atomic E-state index is 13.0. The van der Waals surface area contributed by atoms with Crippen LogP contribution in [0.4, 0.5) is 0 Å². The lowest BCUT2D eigenvalue weighted by atomic mass is 9.96. The number of nitrogens with zero attached hydrogens (tertiary/aromatic N) is 4. The molecule has 2 aromatic heterocycles. The van der Waals surface area contributed by atoms with Crippen LogP contribution in [-0.4, -0.2) is 38.7 Å². The summed E-state index contributed by atoms with van der Waals surface area (Å²) in [6.45, 7) is 5.13. The third-order valence-corrected chi connectivity index (χ3v) is 6.84. The Bertz CT molecular complexity index is 1300. The van der Waals surface area contributed by atoms with Crippen LogP contribution < -0.4 is 0 Å². The van der Waals surface area contributed by atoms with E-state index in [9.17, 15) is 4.79 Å². The zero-order chi connectivity index (χ0) is 22.4. The SMILES string of the molecule is Cc1nn(-c2ccc(C(=O)N3CCC(c4nc5cc(Cl)ccc5o4)CC3)cc2)c(C)c1Cl. The molecule has 0 saturated carbocycles. The van der Waals surface area contributed by atoms with Crippen molar-refractivity contribution in [3.8, 4) is 5.69 Å². The number of carbonyl (C=O) groups excluding carboxylic acids is 1. The van der Waals surface area contributed by atoms with Crippen molar-refractivity contribution in [3.05, 3.63) is 75.4 Å². The number of halogens is 2. The van der Waals surface area contributed by atoms with Gasteiger partial charge in [-0.3, -0.25) is 4.79 Å². The van der Waals surface area contributed by atoms with Gasteiger partial charge in [-0.25, -0.2) is 9.67 Å². The van der Waals surface area contributed by atoms with Crippen molar-refractivity contribution < 1.29 is 9.21 Å². The molecule has 4 aromatic rings. The summed E-state index contributed by atoms with van der Waals surface area (Å²) in [6, 6.07) is 13.0. The molecule has 0 spiro atoms. The van der Waals surface area contributed by atoms with Crippen molar-refractivity contribution in [1.82, 2.24) is 19.7 Å². The first-order valence-electron chi connectivity index (χ1n) is 10.6. The van der Waals surface area contributed by atoms with Crippen LogP contribution in [0.25, 0.3) is 16.8 Å². The van der Waals surface area contributed by atoms with Crippen molar-refractivity contribution in [2.45, 2.75) is 32.6 Å². The molecule has 0 N–H and O–H groups in total. The second kappa shape index (κ2) is 8.26. The quantitative estimate of drug-likeness (QED) is 0.372. The van der Waals surface area contributed by atoms with Gasteiger partial charge in [0.2, 0.25) is 0 Å². The second-order valence-electron chi connectivity index (χ2n) is 8.17. The summed E-state index contributed by atoms with van der Waals surface area (Å²) in [4.78, 5) is 19.5. The lowest BCUT2D eigenvalue weighted by molar-refractivity contribution is 0.0706. The van der Waals surface area contributed by atoms with Crippen LogP contribution in [0.15, 0.2) is 46.9 Å². The summed E-state index contributed by atoms with van der Waals surface area (Å²) in [5.41, 5.74) is 4.73. The number of rotatable bonds is 3. The zero-order valence-corrected chi connectivity index (χ0v) is 19.3. The number of aryl methyl sites for hydroxylation is 1. The molecule has 1 saturated heterocycles. The van der Waals surface area contributed by atoms with E-state index in [4.69, 9.17) is 27.6 Å². The van der Waals surface area contributed by atoms with Crippen molar-refractivity contribution in [2.24, 2.45) is 0 Å². The van der Waals surface area contributed by atoms with Gasteiger partial charge >= 0.3 is 0 Å². The molecule has 0 atom stereocenters. The normalized spacial score (nSPS) is 14.9. The Morgan fingerprint density at radius 3 is 2.44 bits per heavy atom. The van der Waals surface area contributed by atoms with E-state index in [1.165, 1.54) is 0 Å². The fourth-order valence-corrected chi connectivity index (χ4v) is 4.51. The number of piperidine rings is 1. The highest BCUT2D eigenvalue weighted by molar-refractivity contribution is 6.32. The van der Waals surface area contributed by atoms with Gasteiger partial charge in [-0.1, -0.05) is 23.2 Å². The number of carbonyl (C=O) groups is 1. The Labute approximate surface area is 195 Å². The molecule has 0 aliphatic carbocycles. The Balaban J connectivity index is 1.26. The number of benzene rings is 2. The van der Waals surface area contributed by atoms with Crippen LogP contribution in [0, 0.1) is 13.8 Å². The van der Waals surface area contributed by atoms with Crippen molar-refractivity contribution >= 4 is 40.2 Å². The third-order valence-electron chi connectivity index (χ3n) is 6.06. The predicted octanol–water partition coefficient (Wildman–Crippen LogP) is 5.96. The number of hydrogen-bond acceptors (Lipinski definition) is 4. The Morgan fingerprint density at radius 1 is 1.06 bits per heavy atom. The lowest BCUT2D eigenvalue weighted by Gasteiger charge is -2.30. The molecule has 1 aliphatic rings. The number of fused-ring (bicyclic) bond motifs is 1. The lowest BCUT2D eigenvalue weighted by Crippen LogP contribution is -2.38. The molecule has 32 heavy (non-hydrogen) atoms. The molecule has 0 radical (unpaired) electrons. The maximum Gasteiger partial charge on any atom is 0.253 e. The van der Waals surface area contributed by atoms with E-state index < -0.39 is 0 Å². The van der Waals surface area contributed by atoms with E-state index in [0.717, 1.165) is 46.9 Å². The fourth-order valence-electron chi connectivity index (χ4n) is 4.23. The van der Waals surface area contributed by atoms with Crippen LogP contribution >= 0.6 is 23.2 Å². The smallest absolute Gasteiger partial charge is 0.253 e. The minimum Gasteiger partial charge on any atom is -0.440 e. The highest BCUT2D eigenvalue weighted by Crippen LogP contribution is 2.31. The average molecular weight is 469 g/mol. The minimum atomic E-state index is 0.0331. The predicted molar refractivity (Wildman–Crippen MR) is 125 cm³/mol. The van der Waals surface area contributed by atoms with Gasteiger partial charge in [0.1, 0.15) is 5.52 Å². The van der Waals surface area contributed by atoms with Crippen LogP contribution in [0.2, 0.25) is 10.0 Å². The molecule has 5 rings (SSSR count). The largest absolute Gasteiger partial charge is 0.440 e. The van der Waals surface area contributed by atoms with Gasteiger partial charge < -0.3 is 9.32 Å². The summed E-state index contributed by atoms with van der Waals surface area (Å²) in [5.74, 6) is 0.955. The van der Waals surface area contributed by atoms with E-state index in [2.05, 4.69) is 10.1 Å². The second-order valence-corrected chi connectivity index (χ2v) is 8.99. The Kier molecular flexibility index (Phi) is 5.43. The molecular formula is C24H22Cl2N4O2. The zero-order valence-electron chi connectivity index (χ0n) is 17.8. The first-order valence-corrected chi connectivity index (χ1v) is 11.3. The van der Waals surface area contributed by atoms with E-state index >= 15 is 0 Å². The first kappa shape index (κ1) is 21.0. The molecule has 1 fully saturated rings. The average Bonchev–Trinajstić information content (AvgIpc) is 3.35. The maximum atomic E-state index is 13.0. The fraction of sp³-hybridized carbons (Fsp3) is 0.292.